The highest BCUT2D eigenvalue weighted by molar-refractivity contribution is 7.90. The molecule has 0 saturated carbocycles. The number of ketones is 1. The first kappa shape index (κ1) is 32.5. The zero-order valence-corrected chi connectivity index (χ0v) is 26.9. The summed E-state index contributed by atoms with van der Waals surface area (Å²) >= 11 is 0. The van der Waals surface area contributed by atoms with Gasteiger partial charge < -0.3 is 10.1 Å². The molecule has 1 heterocycles. The van der Waals surface area contributed by atoms with Crippen molar-refractivity contribution < 1.29 is 40.3 Å². The fraction of sp³-hybridized carbons (Fsp3) is 0.323. The molecule has 1 aliphatic rings. The first-order valence-corrected chi connectivity index (χ1v) is 19.5. The predicted molar refractivity (Wildman–Crippen MR) is 162 cm³/mol. The Labute approximate surface area is 258 Å². The third kappa shape index (κ3) is 6.31. The minimum absolute atomic E-state index is 0.0136. The average Bonchev–Trinajstić information content (AvgIpc) is 3.53. The van der Waals surface area contributed by atoms with Crippen LogP contribution in [-0.2, 0) is 33.5 Å². The standard InChI is InChI=1S/C31H31F4N3O5SSi/c1-36-31(40)29-21-7-6-20(28(35)30(21)38(37-29)16-43-11-12-45(2,3)4)26-23(33)9-5-17(27(26)34)15-44(41,42)25-14-18(32)13-22-19(25)8-10-24(22)39/h5-7,9,13-14H,8,10-12,15-16H2,1-4H3,(H,36,40). The van der Waals surface area contributed by atoms with Gasteiger partial charge in [0.2, 0.25) is 0 Å². The van der Waals surface area contributed by atoms with E-state index in [1.54, 1.807) is 0 Å². The SMILES string of the molecule is CNC(=O)c1nn(COCC[Si](C)(C)C)c2c(F)c(-c3c(F)ccc(CS(=O)(=O)c4cc(F)cc5c4CCC5=O)c3F)ccc12. The fourth-order valence-corrected chi connectivity index (χ4v) is 7.76. The van der Waals surface area contributed by atoms with E-state index < -0.39 is 80.2 Å². The first-order valence-electron chi connectivity index (χ1n) is 14.2. The maximum atomic E-state index is 16.3. The normalized spacial score (nSPS) is 13.5. The minimum atomic E-state index is -4.42. The lowest BCUT2D eigenvalue weighted by molar-refractivity contribution is 0.0802. The topological polar surface area (TPSA) is 107 Å². The van der Waals surface area contributed by atoms with E-state index in [2.05, 4.69) is 30.1 Å². The number of ether oxygens (including phenoxy) is 1. The molecular weight excluding hydrogens is 631 g/mol. The summed E-state index contributed by atoms with van der Waals surface area (Å²) < 4.78 is 95.4. The van der Waals surface area contributed by atoms with Gasteiger partial charge in [0.05, 0.1) is 16.2 Å². The number of aromatic nitrogens is 2. The lowest BCUT2D eigenvalue weighted by Gasteiger charge is -2.16. The Morgan fingerprint density at radius 2 is 1.76 bits per heavy atom. The summed E-state index contributed by atoms with van der Waals surface area (Å²) in [7, 11) is -4.50. The van der Waals surface area contributed by atoms with E-state index in [-0.39, 0.29) is 47.3 Å². The van der Waals surface area contributed by atoms with E-state index in [9.17, 15) is 22.4 Å². The number of carbonyl (C=O) groups is 2. The molecule has 0 saturated heterocycles. The van der Waals surface area contributed by atoms with Crippen molar-refractivity contribution in [2.75, 3.05) is 13.7 Å². The summed E-state index contributed by atoms with van der Waals surface area (Å²) in [4.78, 5) is 24.2. The van der Waals surface area contributed by atoms with Crippen molar-refractivity contribution in [1.29, 1.82) is 0 Å². The van der Waals surface area contributed by atoms with Crippen LogP contribution in [0.2, 0.25) is 25.7 Å². The van der Waals surface area contributed by atoms with E-state index in [0.717, 1.165) is 41.1 Å². The largest absolute Gasteiger partial charge is 0.360 e. The third-order valence-electron chi connectivity index (χ3n) is 7.70. The van der Waals surface area contributed by atoms with Gasteiger partial charge in [-0.1, -0.05) is 31.8 Å². The number of fused-ring (bicyclic) bond motifs is 2. The fourth-order valence-electron chi connectivity index (χ4n) is 5.34. The molecule has 14 heteroatoms. The van der Waals surface area contributed by atoms with E-state index in [1.165, 1.54) is 13.1 Å². The number of benzene rings is 3. The molecule has 0 spiro atoms. The van der Waals surface area contributed by atoms with Crippen LogP contribution >= 0.6 is 0 Å². The monoisotopic (exact) mass is 661 g/mol. The second kappa shape index (κ2) is 12.1. The Morgan fingerprint density at radius 1 is 1.02 bits per heavy atom. The molecule has 0 unspecified atom stereocenters. The molecule has 1 N–H and O–H groups in total. The van der Waals surface area contributed by atoms with Crippen LogP contribution in [0.15, 0.2) is 41.3 Å². The van der Waals surface area contributed by atoms with Crippen molar-refractivity contribution in [1.82, 2.24) is 15.1 Å². The van der Waals surface area contributed by atoms with Crippen molar-refractivity contribution in [2.24, 2.45) is 0 Å². The van der Waals surface area contributed by atoms with Crippen LogP contribution in [0.1, 0.15) is 38.4 Å². The summed E-state index contributed by atoms with van der Waals surface area (Å²) in [6, 6.07) is 6.69. The quantitative estimate of drug-likeness (QED) is 0.126. The summed E-state index contributed by atoms with van der Waals surface area (Å²) in [6.07, 6.45) is 0.0959. The van der Waals surface area contributed by atoms with Gasteiger partial charge in [0.1, 0.15) is 29.7 Å². The lowest BCUT2D eigenvalue weighted by Crippen LogP contribution is -2.22. The number of rotatable bonds is 10. The highest BCUT2D eigenvalue weighted by atomic mass is 32.2. The number of hydrogen-bond donors (Lipinski definition) is 1. The Bertz CT molecular complexity index is 1970. The second-order valence-electron chi connectivity index (χ2n) is 12.1. The maximum Gasteiger partial charge on any atom is 0.272 e. The van der Waals surface area contributed by atoms with Crippen LogP contribution in [0.4, 0.5) is 17.6 Å². The van der Waals surface area contributed by atoms with Gasteiger partial charge in [-0.25, -0.2) is 30.7 Å². The summed E-state index contributed by atoms with van der Waals surface area (Å²) in [6.45, 7) is 6.59. The molecule has 0 atom stereocenters. The molecule has 238 valence electrons. The number of amides is 1. The van der Waals surface area contributed by atoms with Crippen molar-refractivity contribution in [3.05, 3.63) is 82.1 Å². The molecular formula is C31H31F4N3O5SSi. The maximum absolute atomic E-state index is 16.3. The van der Waals surface area contributed by atoms with Crippen LogP contribution in [0.3, 0.4) is 0 Å². The first-order chi connectivity index (χ1) is 21.1. The van der Waals surface area contributed by atoms with Crippen LogP contribution in [0.5, 0.6) is 0 Å². The van der Waals surface area contributed by atoms with Gasteiger partial charge in [0, 0.05) is 50.2 Å². The van der Waals surface area contributed by atoms with Crippen molar-refractivity contribution in [2.45, 2.75) is 55.9 Å². The predicted octanol–water partition coefficient (Wildman–Crippen LogP) is 6.03. The molecule has 1 aromatic heterocycles. The summed E-state index contributed by atoms with van der Waals surface area (Å²) in [5.74, 6) is -6.52. The van der Waals surface area contributed by atoms with Crippen molar-refractivity contribution >= 4 is 40.5 Å². The zero-order chi connectivity index (χ0) is 32.8. The van der Waals surface area contributed by atoms with Crippen LogP contribution in [0, 0.1) is 23.3 Å². The van der Waals surface area contributed by atoms with Gasteiger partial charge >= 0.3 is 0 Å². The van der Waals surface area contributed by atoms with E-state index in [0.29, 0.717) is 6.61 Å². The van der Waals surface area contributed by atoms with Crippen LogP contribution in [-0.4, -0.2) is 51.6 Å². The number of sulfone groups is 1. The molecule has 5 rings (SSSR count). The Morgan fingerprint density at radius 3 is 2.44 bits per heavy atom. The number of nitrogens with zero attached hydrogens (tertiary/aromatic N) is 2. The number of carbonyl (C=O) groups excluding carboxylic acids is 2. The Kier molecular flexibility index (Phi) is 8.77. The van der Waals surface area contributed by atoms with Gasteiger partial charge in [0.25, 0.3) is 5.91 Å². The zero-order valence-electron chi connectivity index (χ0n) is 25.1. The summed E-state index contributed by atoms with van der Waals surface area (Å²) in [5.41, 5.74) is -2.07. The van der Waals surface area contributed by atoms with Gasteiger partial charge in [-0.2, -0.15) is 5.10 Å². The average molecular weight is 662 g/mol. The Balaban J connectivity index is 1.57. The molecule has 3 aromatic carbocycles. The highest BCUT2D eigenvalue weighted by Crippen LogP contribution is 2.37. The summed E-state index contributed by atoms with van der Waals surface area (Å²) in [5, 5.41) is 6.72. The van der Waals surface area contributed by atoms with E-state index in [4.69, 9.17) is 4.74 Å². The Hall–Kier alpha value is -3.88. The lowest BCUT2D eigenvalue weighted by atomic mass is 9.99. The van der Waals surface area contributed by atoms with E-state index >= 15 is 13.2 Å². The molecule has 0 radical (unpaired) electrons. The molecule has 8 nitrogen and oxygen atoms in total. The molecule has 0 aliphatic heterocycles. The van der Waals surface area contributed by atoms with E-state index in [1.807, 2.05) is 0 Å². The molecule has 45 heavy (non-hydrogen) atoms. The van der Waals surface area contributed by atoms with Crippen molar-refractivity contribution in [3.8, 4) is 11.1 Å². The highest BCUT2D eigenvalue weighted by Gasteiger charge is 2.31. The van der Waals surface area contributed by atoms with Crippen molar-refractivity contribution in [3.63, 3.8) is 0 Å². The number of Topliss-reactive ketones (excluding diaryl/α,β-unsaturated/α-hetero) is 1. The molecule has 0 bridgehead atoms. The molecule has 4 aromatic rings. The number of hydrogen-bond acceptors (Lipinski definition) is 6. The molecule has 1 aliphatic carbocycles. The smallest absolute Gasteiger partial charge is 0.272 e. The van der Waals surface area contributed by atoms with Gasteiger partial charge in [-0.05, 0) is 42.3 Å². The van der Waals surface area contributed by atoms with Crippen LogP contribution < -0.4 is 5.32 Å². The van der Waals surface area contributed by atoms with Crippen LogP contribution in [0.25, 0.3) is 22.0 Å². The second-order valence-corrected chi connectivity index (χ2v) is 19.7. The van der Waals surface area contributed by atoms with Gasteiger partial charge in [-0.15, -0.1) is 0 Å². The molecule has 0 fully saturated rings. The minimum Gasteiger partial charge on any atom is -0.360 e. The van der Waals surface area contributed by atoms with Gasteiger partial charge in [0.15, 0.2) is 27.1 Å². The number of nitrogens with one attached hydrogen (secondary N) is 1. The molecule has 1 amide bonds. The van der Waals surface area contributed by atoms with Gasteiger partial charge in [-0.3, -0.25) is 9.59 Å². The third-order valence-corrected chi connectivity index (χ3v) is 11.1. The number of halogens is 4.